The minimum atomic E-state index is 0.745. The molecule has 0 aliphatic heterocycles. The standard InChI is InChI=1S/C18H27N5/c1-5-16-15(17(6-2)23(4)22-16)13-21-18(19-3)20-12-14-10-8-7-9-11-14/h7-11H,5-6,12-13H2,1-4H3,(H2,19,20,21). The fourth-order valence-electron chi connectivity index (χ4n) is 2.77. The molecule has 0 spiro atoms. The van der Waals surface area contributed by atoms with E-state index >= 15 is 0 Å². The summed E-state index contributed by atoms with van der Waals surface area (Å²) in [5, 5.41) is 11.4. The van der Waals surface area contributed by atoms with E-state index in [9.17, 15) is 0 Å². The summed E-state index contributed by atoms with van der Waals surface area (Å²) < 4.78 is 2.00. The molecule has 23 heavy (non-hydrogen) atoms. The van der Waals surface area contributed by atoms with E-state index in [1.54, 1.807) is 7.05 Å². The van der Waals surface area contributed by atoms with Crippen LogP contribution in [0.2, 0.25) is 0 Å². The Hall–Kier alpha value is -2.30. The van der Waals surface area contributed by atoms with Crippen molar-refractivity contribution in [3.05, 3.63) is 52.8 Å². The average Bonchev–Trinajstić information content (AvgIpc) is 2.90. The van der Waals surface area contributed by atoms with Gasteiger partial charge in [0.1, 0.15) is 0 Å². The van der Waals surface area contributed by atoms with Gasteiger partial charge in [-0.2, -0.15) is 5.10 Å². The Bertz CT molecular complexity index is 643. The quantitative estimate of drug-likeness (QED) is 0.636. The molecule has 0 aliphatic carbocycles. The molecule has 0 saturated heterocycles. The monoisotopic (exact) mass is 313 g/mol. The molecule has 0 radical (unpaired) electrons. The van der Waals surface area contributed by atoms with Gasteiger partial charge < -0.3 is 10.6 Å². The smallest absolute Gasteiger partial charge is 0.191 e. The van der Waals surface area contributed by atoms with Gasteiger partial charge in [-0.15, -0.1) is 0 Å². The minimum Gasteiger partial charge on any atom is -0.352 e. The number of nitrogens with one attached hydrogen (secondary N) is 2. The van der Waals surface area contributed by atoms with Crippen molar-refractivity contribution in [2.45, 2.75) is 39.8 Å². The molecule has 0 fully saturated rings. The molecule has 0 atom stereocenters. The normalized spacial score (nSPS) is 11.6. The van der Waals surface area contributed by atoms with E-state index in [1.807, 2.05) is 29.9 Å². The second-order valence-corrected chi connectivity index (χ2v) is 5.47. The molecule has 124 valence electrons. The summed E-state index contributed by atoms with van der Waals surface area (Å²) in [7, 11) is 3.81. The predicted molar refractivity (Wildman–Crippen MR) is 95.4 cm³/mol. The molecule has 2 rings (SSSR count). The SMILES string of the molecule is CCc1nn(C)c(CC)c1CNC(=NC)NCc1ccccc1. The Morgan fingerprint density at radius 3 is 2.39 bits per heavy atom. The molecule has 1 heterocycles. The van der Waals surface area contributed by atoms with Crippen molar-refractivity contribution in [3.8, 4) is 0 Å². The van der Waals surface area contributed by atoms with Crippen molar-refractivity contribution in [1.82, 2.24) is 20.4 Å². The first kappa shape index (κ1) is 17.1. The largest absolute Gasteiger partial charge is 0.352 e. The third-order valence-corrected chi connectivity index (χ3v) is 3.99. The van der Waals surface area contributed by atoms with Crippen molar-refractivity contribution < 1.29 is 0 Å². The maximum Gasteiger partial charge on any atom is 0.191 e. The van der Waals surface area contributed by atoms with Crippen LogP contribution in [0.25, 0.3) is 0 Å². The van der Waals surface area contributed by atoms with E-state index < -0.39 is 0 Å². The van der Waals surface area contributed by atoms with Crippen LogP contribution in [-0.2, 0) is 33.0 Å². The van der Waals surface area contributed by atoms with Crippen LogP contribution in [0.5, 0.6) is 0 Å². The molecule has 2 N–H and O–H groups in total. The van der Waals surface area contributed by atoms with Gasteiger partial charge in [0.05, 0.1) is 5.69 Å². The maximum atomic E-state index is 4.61. The zero-order valence-electron chi connectivity index (χ0n) is 14.6. The molecular weight excluding hydrogens is 286 g/mol. The first-order valence-corrected chi connectivity index (χ1v) is 8.21. The van der Waals surface area contributed by atoms with Gasteiger partial charge in [-0.25, -0.2) is 0 Å². The Balaban J connectivity index is 1.98. The van der Waals surface area contributed by atoms with Crippen molar-refractivity contribution in [1.29, 1.82) is 0 Å². The number of hydrogen-bond acceptors (Lipinski definition) is 2. The highest BCUT2D eigenvalue weighted by Gasteiger charge is 2.13. The third-order valence-electron chi connectivity index (χ3n) is 3.99. The molecule has 0 unspecified atom stereocenters. The molecular formula is C18H27N5. The first-order valence-electron chi connectivity index (χ1n) is 8.21. The molecule has 1 aromatic heterocycles. The van der Waals surface area contributed by atoms with Crippen molar-refractivity contribution in [3.63, 3.8) is 0 Å². The summed E-state index contributed by atoms with van der Waals surface area (Å²) in [5.74, 6) is 0.807. The minimum absolute atomic E-state index is 0.745. The summed E-state index contributed by atoms with van der Waals surface area (Å²) in [6, 6.07) is 10.3. The van der Waals surface area contributed by atoms with Crippen LogP contribution < -0.4 is 10.6 Å². The van der Waals surface area contributed by atoms with Crippen LogP contribution in [0, 0.1) is 0 Å². The van der Waals surface area contributed by atoms with Crippen molar-refractivity contribution in [2.75, 3.05) is 7.05 Å². The molecule has 0 bridgehead atoms. The van der Waals surface area contributed by atoms with Gasteiger partial charge in [-0.1, -0.05) is 44.2 Å². The number of guanidine groups is 1. The van der Waals surface area contributed by atoms with Gasteiger partial charge in [-0.05, 0) is 18.4 Å². The fourth-order valence-corrected chi connectivity index (χ4v) is 2.77. The lowest BCUT2D eigenvalue weighted by molar-refractivity contribution is 0.702. The second-order valence-electron chi connectivity index (χ2n) is 5.47. The van der Waals surface area contributed by atoms with E-state index in [0.29, 0.717) is 0 Å². The van der Waals surface area contributed by atoms with Gasteiger partial charge in [0, 0.05) is 38.4 Å². The highest BCUT2D eigenvalue weighted by atomic mass is 15.3. The number of aliphatic imine (C=N–C) groups is 1. The lowest BCUT2D eigenvalue weighted by atomic mass is 10.1. The summed E-state index contributed by atoms with van der Waals surface area (Å²) in [4.78, 5) is 4.30. The topological polar surface area (TPSA) is 54.2 Å². The van der Waals surface area contributed by atoms with Crippen LogP contribution in [0.15, 0.2) is 35.3 Å². The molecule has 5 nitrogen and oxygen atoms in total. The summed E-state index contributed by atoms with van der Waals surface area (Å²) >= 11 is 0. The van der Waals surface area contributed by atoms with Crippen LogP contribution >= 0.6 is 0 Å². The average molecular weight is 313 g/mol. The fraction of sp³-hybridized carbons (Fsp3) is 0.444. The van der Waals surface area contributed by atoms with Gasteiger partial charge in [0.2, 0.25) is 0 Å². The predicted octanol–water partition coefficient (Wildman–Crippen LogP) is 2.41. The van der Waals surface area contributed by atoms with E-state index in [1.165, 1.54) is 16.8 Å². The summed E-state index contributed by atoms with van der Waals surface area (Å²) in [5.41, 5.74) is 4.98. The van der Waals surface area contributed by atoms with Gasteiger partial charge in [-0.3, -0.25) is 9.67 Å². The Morgan fingerprint density at radius 2 is 1.78 bits per heavy atom. The Morgan fingerprint density at radius 1 is 1.09 bits per heavy atom. The van der Waals surface area contributed by atoms with Crippen LogP contribution in [0.4, 0.5) is 0 Å². The van der Waals surface area contributed by atoms with E-state index in [2.05, 4.69) is 46.7 Å². The number of rotatable bonds is 6. The highest BCUT2D eigenvalue weighted by molar-refractivity contribution is 5.79. The van der Waals surface area contributed by atoms with Crippen LogP contribution in [-0.4, -0.2) is 22.8 Å². The second kappa shape index (κ2) is 8.36. The van der Waals surface area contributed by atoms with E-state index in [-0.39, 0.29) is 0 Å². The van der Waals surface area contributed by atoms with Crippen molar-refractivity contribution in [2.24, 2.45) is 12.0 Å². The highest BCUT2D eigenvalue weighted by Crippen LogP contribution is 2.15. The number of nitrogens with zero attached hydrogens (tertiary/aromatic N) is 3. The molecule has 0 saturated carbocycles. The Kier molecular flexibility index (Phi) is 6.20. The third kappa shape index (κ3) is 4.34. The maximum absolute atomic E-state index is 4.61. The molecule has 2 aromatic rings. The lowest BCUT2D eigenvalue weighted by Crippen LogP contribution is -2.36. The number of benzene rings is 1. The molecule has 1 aromatic carbocycles. The van der Waals surface area contributed by atoms with Crippen LogP contribution in [0.3, 0.4) is 0 Å². The zero-order chi connectivity index (χ0) is 16.7. The summed E-state index contributed by atoms with van der Waals surface area (Å²) in [6.07, 6.45) is 1.93. The Labute approximate surface area is 138 Å². The summed E-state index contributed by atoms with van der Waals surface area (Å²) in [6.45, 7) is 5.82. The lowest BCUT2D eigenvalue weighted by Gasteiger charge is -2.13. The molecule has 0 amide bonds. The molecule has 0 aliphatic rings. The van der Waals surface area contributed by atoms with Crippen LogP contribution in [0.1, 0.15) is 36.4 Å². The molecule has 5 heteroatoms. The van der Waals surface area contributed by atoms with Gasteiger partial charge in [0.15, 0.2) is 5.96 Å². The van der Waals surface area contributed by atoms with Gasteiger partial charge >= 0.3 is 0 Å². The zero-order valence-corrected chi connectivity index (χ0v) is 14.6. The van der Waals surface area contributed by atoms with Gasteiger partial charge in [0.25, 0.3) is 0 Å². The van der Waals surface area contributed by atoms with Crippen molar-refractivity contribution >= 4 is 5.96 Å². The number of aryl methyl sites for hydroxylation is 2. The number of aromatic nitrogens is 2. The van der Waals surface area contributed by atoms with E-state index in [0.717, 1.165) is 37.6 Å². The number of hydrogen-bond donors (Lipinski definition) is 2. The van der Waals surface area contributed by atoms with E-state index in [4.69, 9.17) is 0 Å². The first-order chi connectivity index (χ1) is 11.2.